The lowest BCUT2D eigenvalue weighted by Gasteiger charge is -2.42. The highest BCUT2D eigenvalue weighted by Gasteiger charge is 2.40. The fourth-order valence-electron chi connectivity index (χ4n) is 3.46. The van der Waals surface area contributed by atoms with Crippen LogP contribution in [0.1, 0.15) is 78.2 Å². The largest absolute Gasteiger partial charge is 0.360 e. The molecule has 0 radical (unpaired) electrons. The summed E-state index contributed by atoms with van der Waals surface area (Å²) < 4.78 is 4.94. The molecule has 1 heterocycles. The number of rotatable bonds is 9. The monoisotopic (exact) mass is 490 g/mol. The van der Waals surface area contributed by atoms with E-state index in [1.165, 1.54) is 4.90 Å². The first-order valence-electron chi connectivity index (χ1n) is 11.4. The van der Waals surface area contributed by atoms with Gasteiger partial charge in [0.2, 0.25) is 17.7 Å². The SMILES string of the molecule is CCC(C)(C)NC(=O)[C@H](c1ccccc1Cl)N(C(=O)CCC(=O)Nc1cc(C)on1)C(C)(C)C. The summed E-state index contributed by atoms with van der Waals surface area (Å²) in [7, 11) is 0. The number of hydrogen-bond acceptors (Lipinski definition) is 5. The molecule has 1 aromatic heterocycles. The van der Waals surface area contributed by atoms with Crippen molar-refractivity contribution in [2.75, 3.05) is 5.32 Å². The molecule has 0 aliphatic carbocycles. The molecule has 0 saturated heterocycles. The number of aromatic nitrogens is 1. The van der Waals surface area contributed by atoms with Gasteiger partial charge in [0.15, 0.2) is 5.82 Å². The molecule has 0 aliphatic heterocycles. The van der Waals surface area contributed by atoms with Crippen molar-refractivity contribution < 1.29 is 18.9 Å². The Bertz CT molecular complexity index is 1030. The molecule has 34 heavy (non-hydrogen) atoms. The highest BCUT2D eigenvalue weighted by atomic mass is 35.5. The molecule has 0 bridgehead atoms. The molecule has 8 nitrogen and oxygen atoms in total. The van der Waals surface area contributed by atoms with E-state index in [1.807, 2.05) is 41.5 Å². The van der Waals surface area contributed by atoms with Crippen molar-refractivity contribution in [2.24, 2.45) is 0 Å². The van der Waals surface area contributed by atoms with Gasteiger partial charge in [-0.3, -0.25) is 14.4 Å². The fraction of sp³-hybridized carbons (Fsp3) is 0.520. The number of nitrogens with zero attached hydrogens (tertiary/aromatic N) is 2. The smallest absolute Gasteiger partial charge is 0.247 e. The van der Waals surface area contributed by atoms with Crippen molar-refractivity contribution in [3.05, 3.63) is 46.7 Å². The first-order valence-corrected chi connectivity index (χ1v) is 11.7. The van der Waals surface area contributed by atoms with E-state index in [1.54, 1.807) is 37.3 Å². The first kappa shape index (κ1) is 27.4. The lowest BCUT2D eigenvalue weighted by molar-refractivity contribution is -0.147. The predicted octanol–water partition coefficient (Wildman–Crippen LogP) is 5.03. The quantitative estimate of drug-likeness (QED) is 0.513. The van der Waals surface area contributed by atoms with Gasteiger partial charge < -0.3 is 20.1 Å². The normalized spacial score (nSPS) is 12.7. The summed E-state index contributed by atoms with van der Waals surface area (Å²) >= 11 is 6.49. The van der Waals surface area contributed by atoms with Gasteiger partial charge in [-0.05, 0) is 54.0 Å². The molecule has 0 saturated carbocycles. The molecule has 2 rings (SSSR count). The number of benzene rings is 1. The van der Waals surface area contributed by atoms with Gasteiger partial charge in [-0.1, -0.05) is 41.9 Å². The molecule has 1 aromatic carbocycles. The van der Waals surface area contributed by atoms with Gasteiger partial charge in [-0.15, -0.1) is 0 Å². The van der Waals surface area contributed by atoms with E-state index < -0.39 is 17.1 Å². The van der Waals surface area contributed by atoms with Crippen LogP contribution in [-0.2, 0) is 14.4 Å². The third-order valence-electron chi connectivity index (χ3n) is 5.50. The van der Waals surface area contributed by atoms with Crippen LogP contribution in [0.3, 0.4) is 0 Å². The first-order chi connectivity index (χ1) is 15.7. The van der Waals surface area contributed by atoms with Crippen molar-refractivity contribution in [3.8, 4) is 0 Å². The third kappa shape index (κ3) is 7.32. The van der Waals surface area contributed by atoms with Crippen LogP contribution in [0.4, 0.5) is 5.82 Å². The van der Waals surface area contributed by atoms with Gasteiger partial charge in [-0.25, -0.2) is 0 Å². The van der Waals surface area contributed by atoms with E-state index in [4.69, 9.17) is 16.1 Å². The van der Waals surface area contributed by atoms with Gasteiger partial charge in [-0.2, -0.15) is 0 Å². The molecule has 186 valence electrons. The molecule has 0 unspecified atom stereocenters. The number of hydrogen-bond donors (Lipinski definition) is 2. The van der Waals surface area contributed by atoms with E-state index >= 15 is 0 Å². The number of anilines is 1. The van der Waals surface area contributed by atoms with E-state index in [0.29, 0.717) is 22.8 Å². The van der Waals surface area contributed by atoms with Crippen molar-refractivity contribution in [1.82, 2.24) is 15.4 Å². The maximum atomic E-state index is 13.6. The molecule has 2 aromatic rings. The van der Waals surface area contributed by atoms with Crippen LogP contribution in [0.2, 0.25) is 5.02 Å². The average molecular weight is 491 g/mol. The number of carbonyl (C=O) groups is 3. The number of nitrogens with one attached hydrogen (secondary N) is 2. The average Bonchev–Trinajstić information content (AvgIpc) is 3.14. The Hall–Kier alpha value is -2.87. The number of carbonyl (C=O) groups excluding carboxylic acids is 3. The summed E-state index contributed by atoms with van der Waals surface area (Å²) in [6.45, 7) is 13.1. The van der Waals surface area contributed by atoms with Gasteiger partial charge in [0.1, 0.15) is 11.8 Å². The Morgan fingerprint density at radius 1 is 1.12 bits per heavy atom. The number of halogens is 1. The van der Waals surface area contributed by atoms with Gasteiger partial charge in [0.05, 0.1) is 0 Å². The highest BCUT2D eigenvalue weighted by Crippen LogP contribution is 2.34. The highest BCUT2D eigenvalue weighted by molar-refractivity contribution is 6.31. The van der Waals surface area contributed by atoms with Crippen LogP contribution in [0.15, 0.2) is 34.9 Å². The Morgan fingerprint density at radius 2 is 1.76 bits per heavy atom. The Labute approximate surface area is 206 Å². The van der Waals surface area contributed by atoms with Crippen molar-refractivity contribution in [1.29, 1.82) is 0 Å². The second-order valence-electron chi connectivity index (χ2n) is 9.96. The lowest BCUT2D eigenvalue weighted by Crippen LogP contribution is -2.55. The molecule has 0 fully saturated rings. The maximum Gasteiger partial charge on any atom is 0.247 e. The van der Waals surface area contributed by atoms with Gasteiger partial charge >= 0.3 is 0 Å². The molecule has 9 heteroatoms. The number of amides is 3. The second kappa shape index (κ2) is 11.0. The van der Waals surface area contributed by atoms with E-state index in [-0.39, 0.29) is 36.4 Å². The predicted molar refractivity (Wildman–Crippen MR) is 132 cm³/mol. The minimum atomic E-state index is -0.965. The fourth-order valence-corrected chi connectivity index (χ4v) is 3.70. The van der Waals surface area contributed by atoms with Crippen LogP contribution in [0, 0.1) is 6.92 Å². The van der Waals surface area contributed by atoms with Crippen molar-refractivity contribution >= 4 is 35.1 Å². The lowest BCUT2D eigenvalue weighted by atomic mass is 9.94. The summed E-state index contributed by atoms with van der Waals surface area (Å²) in [5.74, 6) is -0.188. The third-order valence-corrected chi connectivity index (χ3v) is 5.85. The minimum Gasteiger partial charge on any atom is -0.360 e. The molecule has 0 aliphatic rings. The Morgan fingerprint density at radius 3 is 2.29 bits per heavy atom. The molecule has 2 N–H and O–H groups in total. The molecular weight excluding hydrogens is 456 g/mol. The molecule has 0 spiro atoms. The van der Waals surface area contributed by atoms with Crippen LogP contribution in [-0.4, -0.2) is 38.9 Å². The van der Waals surface area contributed by atoms with Crippen molar-refractivity contribution in [3.63, 3.8) is 0 Å². The molecular formula is C25H35ClN4O4. The minimum absolute atomic E-state index is 0.0748. The zero-order valence-corrected chi connectivity index (χ0v) is 21.7. The maximum absolute atomic E-state index is 13.6. The summed E-state index contributed by atoms with van der Waals surface area (Å²) in [6.07, 6.45) is 0.541. The van der Waals surface area contributed by atoms with E-state index in [2.05, 4.69) is 15.8 Å². The standard InChI is InChI=1S/C25H35ClN4O4/c1-8-25(6,7)28-23(33)22(17-11-9-10-12-18(17)26)30(24(3,4)5)21(32)14-13-20(31)27-19-15-16(2)34-29-19/h9-12,15,22H,8,13-14H2,1-7H3,(H,28,33)(H,27,29,31)/t22-/m0/s1. The summed E-state index contributed by atoms with van der Waals surface area (Å²) in [5, 5.41) is 9.78. The van der Waals surface area contributed by atoms with E-state index in [0.717, 1.165) is 0 Å². The topological polar surface area (TPSA) is 105 Å². The summed E-state index contributed by atoms with van der Waals surface area (Å²) in [4.78, 5) is 41.0. The van der Waals surface area contributed by atoms with E-state index in [9.17, 15) is 14.4 Å². The van der Waals surface area contributed by atoms with Crippen LogP contribution in [0.5, 0.6) is 0 Å². The molecule has 1 atom stereocenters. The molecule has 3 amide bonds. The van der Waals surface area contributed by atoms with Gasteiger partial charge in [0, 0.05) is 40.6 Å². The zero-order chi connectivity index (χ0) is 25.7. The van der Waals surface area contributed by atoms with Crippen LogP contribution >= 0.6 is 11.6 Å². The zero-order valence-electron chi connectivity index (χ0n) is 21.0. The van der Waals surface area contributed by atoms with Crippen molar-refractivity contribution in [2.45, 2.75) is 84.8 Å². The van der Waals surface area contributed by atoms with Crippen LogP contribution < -0.4 is 10.6 Å². The van der Waals surface area contributed by atoms with Gasteiger partial charge in [0.25, 0.3) is 0 Å². The summed E-state index contributed by atoms with van der Waals surface area (Å²) in [5.41, 5.74) is -0.674. The Kier molecular flexibility index (Phi) is 8.89. The summed E-state index contributed by atoms with van der Waals surface area (Å²) in [6, 6.07) is 7.63. The second-order valence-corrected chi connectivity index (χ2v) is 10.4. The van der Waals surface area contributed by atoms with Crippen LogP contribution in [0.25, 0.3) is 0 Å². The Balaban J connectivity index is 2.33. The number of aryl methyl sites for hydroxylation is 1.